The molecule has 4 nitrogen and oxygen atoms in total. The zero-order valence-corrected chi connectivity index (χ0v) is 15.3. The summed E-state index contributed by atoms with van der Waals surface area (Å²) < 4.78 is 13.8. The lowest BCUT2D eigenvalue weighted by atomic mass is 10.0. The maximum atomic E-state index is 13.8. The summed E-state index contributed by atoms with van der Waals surface area (Å²) in [7, 11) is 0. The van der Waals surface area contributed by atoms with Crippen LogP contribution in [0.15, 0.2) is 37.1 Å². The van der Waals surface area contributed by atoms with Crippen LogP contribution < -0.4 is 5.32 Å². The maximum absolute atomic E-state index is 13.8. The van der Waals surface area contributed by atoms with Gasteiger partial charge in [-0.05, 0) is 36.4 Å². The van der Waals surface area contributed by atoms with Crippen LogP contribution in [0.5, 0.6) is 0 Å². The van der Waals surface area contributed by atoms with E-state index in [4.69, 9.17) is 11.6 Å². The number of hydrogen-bond acceptors (Lipinski definition) is 4. The van der Waals surface area contributed by atoms with Gasteiger partial charge < -0.3 is 10.2 Å². The van der Waals surface area contributed by atoms with E-state index >= 15 is 0 Å². The molecule has 3 rings (SSSR count). The van der Waals surface area contributed by atoms with Crippen LogP contribution in [0.25, 0.3) is 6.08 Å². The third-order valence-corrected chi connectivity index (χ3v) is 5.56. The molecule has 0 atom stereocenters. The number of nitriles is 1. The number of anilines is 1. The van der Waals surface area contributed by atoms with Crippen LogP contribution in [0.3, 0.4) is 0 Å². The first kappa shape index (κ1) is 18.2. The number of carbonyl (C=O) groups excluding carboxylic acids is 1. The maximum Gasteiger partial charge on any atom is 0.249 e. The van der Waals surface area contributed by atoms with E-state index in [1.165, 1.54) is 35.6 Å². The number of nitrogens with one attached hydrogen (secondary N) is 1. The molecule has 0 fully saturated rings. The van der Waals surface area contributed by atoms with E-state index in [1.807, 2.05) is 0 Å². The second kappa shape index (κ2) is 7.73. The van der Waals surface area contributed by atoms with Gasteiger partial charge in [0, 0.05) is 23.1 Å². The Hall–Kier alpha value is -2.62. The van der Waals surface area contributed by atoms with E-state index in [2.05, 4.69) is 22.9 Å². The van der Waals surface area contributed by atoms with E-state index in [9.17, 15) is 14.4 Å². The Bertz CT molecular complexity index is 925. The van der Waals surface area contributed by atoms with Crippen LogP contribution in [-0.4, -0.2) is 17.4 Å². The summed E-state index contributed by atoms with van der Waals surface area (Å²) >= 11 is 7.32. The highest BCUT2D eigenvalue weighted by Crippen LogP contribution is 2.36. The number of nitrogens with zero attached hydrogens (tertiary/aromatic N) is 2. The van der Waals surface area contributed by atoms with Gasteiger partial charge in [-0.1, -0.05) is 24.2 Å². The SMILES string of the molecule is C=CN1CCc2c(sc(NC(=O)/C=C/c3c(F)cccc3Cl)c2C#N)C1. The molecule has 0 spiro atoms. The standard InChI is InChI=1S/C19H15ClFN3OS/c1-2-24-9-8-12-14(10-22)19(26-17(12)11-24)23-18(25)7-6-13-15(20)4-3-5-16(13)21/h2-7H,1,8-9,11H2,(H,23,25)/b7-6+. The van der Waals surface area contributed by atoms with Gasteiger partial charge in [-0.25, -0.2) is 4.39 Å². The van der Waals surface area contributed by atoms with Crippen molar-refractivity contribution in [1.29, 1.82) is 5.26 Å². The quantitative estimate of drug-likeness (QED) is 0.782. The molecule has 132 valence electrons. The normalized spacial score (nSPS) is 13.3. The van der Waals surface area contributed by atoms with Crippen LogP contribution in [0.2, 0.25) is 5.02 Å². The zero-order valence-electron chi connectivity index (χ0n) is 13.8. The Labute approximate surface area is 159 Å². The first-order valence-electron chi connectivity index (χ1n) is 7.87. The summed E-state index contributed by atoms with van der Waals surface area (Å²) in [4.78, 5) is 15.3. The van der Waals surface area contributed by atoms with Crippen molar-refractivity contribution in [3.63, 3.8) is 0 Å². The number of halogens is 2. The molecule has 0 unspecified atom stereocenters. The molecule has 2 aromatic rings. The highest BCUT2D eigenvalue weighted by molar-refractivity contribution is 7.16. The molecular weight excluding hydrogens is 373 g/mol. The molecule has 1 aliphatic heterocycles. The third kappa shape index (κ3) is 3.64. The largest absolute Gasteiger partial charge is 0.372 e. The van der Waals surface area contributed by atoms with Gasteiger partial charge in [-0.2, -0.15) is 5.26 Å². The average Bonchev–Trinajstić information content (AvgIpc) is 2.97. The van der Waals surface area contributed by atoms with E-state index in [1.54, 1.807) is 12.3 Å². The van der Waals surface area contributed by atoms with Gasteiger partial charge in [0.05, 0.1) is 17.1 Å². The van der Waals surface area contributed by atoms with E-state index in [-0.39, 0.29) is 10.6 Å². The number of amides is 1. The Morgan fingerprint density at radius 2 is 2.31 bits per heavy atom. The van der Waals surface area contributed by atoms with Crippen molar-refractivity contribution >= 4 is 39.9 Å². The van der Waals surface area contributed by atoms with Crippen molar-refractivity contribution in [2.75, 3.05) is 11.9 Å². The minimum absolute atomic E-state index is 0.150. The van der Waals surface area contributed by atoms with Crippen molar-refractivity contribution in [1.82, 2.24) is 4.90 Å². The number of rotatable bonds is 4. The van der Waals surface area contributed by atoms with Crippen LogP contribution >= 0.6 is 22.9 Å². The molecule has 0 bridgehead atoms. The second-order valence-corrected chi connectivity index (χ2v) is 7.19. The minimum Gasteiger partial charge on any atom is -0.372 e. The lowest BCUT2D eigenvalue weighted by Crippen LogP contribution is -2.24. The summed E-state index contributed by atoms with van der Waals surface area (Å²) in [6.45, 7) is 5.24. The van der Waals surface area contributed by atoms with Gasteiger partial charge in [0.25, 0.3) is 0 Å². The summed E-state index contributed by atoms with van der Waals surface area (Å²) in [5.41, 5.74) is 1.63. The van der Waals surface area contributed by atoms with Crippen molar-refractivity contribution in [2.24, 2.45) is 0 Å². The van der Waals surface area contributed by atoms with Crippen molar-refractivity contribution < 1.29 is 9.18 Å². The fourth-order valence-corrected chi connectivity index (χ4v) is 4.22. The summed E-state index contributed by atoms with van der Waals surface area (Å²) in [6, 6.07) is 6.50. The predicted octanol–water partition coefficient (Wildman–Crippen LogP) is 4.57. The Kier molecular flexibility index (Phi) is 5.40. The highest BCUT2D eigenvalue weighted by Gasteiger charge is 2.23. The molecule has 0 saturated heterocycles. The van der Waals surface area contributed by atoms with Gasteiger partial charge in [-0.3, -0.25) is 4.79 Å². The van der Waals surface area contributed by atoms with E-state index in [0.29, 0.717) is 17.1 Å². The number of benzene rings is 1. The first-order valence-corrected chi connectivity index (χ1v) is 9.07. The molecule has 26 heavy (non-hydrogen) atoms. The number of carbonyl (C=O) groups is 1. The third-order valence-electron chi connectivity index (χ3n) is 4.09. The van der Waals surface area contributed by atoms with E-state index < -0.39 is 11.7 Å². The molecule has 1 aliphatic rings. The van der Waals surface area contributed by atoms with Gasteiger partial charge in [0.2, 0.25) is 5.91 Å². The summed E-state index contributed by atoms with van der Waals surface area (Å²) in [5, 5.41) is 12.9. The first-order chi connectivity index (χ1) is 12.5. The van der Waals surface area contributed by atoms with Gasteiger partial charge in [-0.15, -0.1) is 11.3 Å². The van der Waals surface area contributed by atoms with Crippen molar-refractivity contribution in [2.45, 2.75) is 13.0 Å². The molecular formula is C19H15ClFN3OS. The zero-order chi connectivity index (χ0) is 18.7. The summed E-state index contributed by atoms with van der Waals surface area (Å²) in [5.74, 6) is -0.949. The monoisotopic (exact) mass is 387 g/mol. The van der Waals surface area contributed by atoms with Gasteiger partial charge in [0.15, 0.2) is 0 Å². The molecule has 1 N–H and O–H groups in total. The molecule has 0 aliphatic carbocycles. The Balaban J connectivity index is 1.80. The fraction of sp³-hybridized carbons (Fsp3) is 0.158. The number of thiophene rings is 1. The molecule has 1 aromatic heterocycles. The fourth-order valence-electron chi connectivity index (χ4n) is 2.77. The lowest BCUT2D eigenvalue weighted by molar-refractivity contribution is -0.111. The Morgan fingerprint density at radius 1 is 1.50 bits per heavy atom. The van der Waals surface area contributed by atoms with Gasteiger partial charge >= 0.3 is 0 Å². The smallest absolute Gasteiger partial charge is 0.249 e. The van der Waals surface area contributed by atoms with Crippen LogP contribution in [-0.2, 0) is 17.8 Å². The summed E-state index contributed by atoms with van der Waals surface area (Å²) in [6.07, 6.45) is 5.04. The molecule has 0 saturated carbocycles. The molecule has 7 heteroatoms. The lowest BCUT2D eigenvalue weighted by Gasteiger charge is -2.24. The molecule has 2 heterocycles. The second-order valence-electron chi connectivity index (χ2n) is 5.68. The Morgan fingerprint density at radius 3 is 3.00 bits per heavy atom. The molecule has 1 amide bonds. The van der Waals surface area contributed by atoms with Gasteiger partial charge in [0.1, 0.15) is 16.9 Å². The van der Waals surface area contributed by atoms with Crippen molar-refractivity contribution in [3.05, 3.63) is 69.5 Å². The minimum atomic E-state index is -0.504. The highest BCUT2D eigenvalue weighted by atomic mass is 35.5. The topological polar surface area (TPSA) is 56.1 Å². The molecule has 1 aromatic carbocycles. The average molecular weight is 388 g/mol. The van der Waals surface area contributed by atoms with Crippen LogP contribution in [0.4, 0.5) is 9.39 Å². The number of fused-ring (bicyclic) bond motifs is 1. The van der Waals surface area contributed by atoms with Crippen LogP contribution in [0, 0.1) is 17.1 Å². The predicted molar refractivity (Wildman–Crippen MR) is 102 cm³/mol. The number of hydrogen-bond donors (Lipinski definition) is 1. The van der Waals surface area contributed by atoms with Crippen molar-refractivity contribution in [3.8, 4) is 6.07 Å². The van der Waals surface area contributed by atoms with E-state index in [0.717, 1.165) is 23.4 Å². The van der Waals surface area contributed by atoms with Crippen LogP contribution in [0.1, 0.15) is 21.6 Å². The molecule has 0 radical (unpaired) electrons.